The second-order valence-corrected chi connectivity index (χ2v) is 3.45. The molecule has 0 aromatic heterocycles. The highest BCUT2D eigenvalue weighted by molar-refractivity contribution is 5.44. The molecule has 0 radical (unpaired) electrons. The third-order valence-corrected chi connectivity index (χ3v) is 0.953. The van der Waals surface area contributed by atoms with Crippen LogP contribution in [0.25, 0.3) is 0 Å². The standard InChI is InChI=1S/C8H17NO2/c1-5-6-9(7-10)11-8(2,3)4/h7H,5-6H2,1-4H3. The van der Waals surface area contributed by atoms with Crippen LogP contribution in [0.2, 0.25) is 0 Å². The molecule has 0 aliphatic heterocycles. The van der Waals surface area contributed by atoms with Crippen LogP contribution in [0.3, 0.4) is 0 Å². The highest BCUT2D eigenvalue weighted by Gasteiger charge is 2.14. The number of hydrogen-bond donors (Lipinski definition) is 0. The molecule has 3 heteroatoms. The number of hydrogen-bond acceptors (Lipinski definition) is 2. The van der Waals surface area contributed by atoms with E-state index in [2.05, 4.69) is 0 Å². The third kappa shape index (κ3) is 5.85. The maximum absolute atomic E-state index is 10.4. The number of carbonyl (C=O) groups is 1. The predicted octanol–water partition coefficient (Wildman–Crippen LogP) is 1.58. The highest BCUT2D eigenvalue weighted by Crippen LogP contribution is 2.08. The zero-order valence-electron chi connectivity index (χ0n) is 7.76. The molecule has 0 saturated heterocycles. The largest absolute Gasteiger partial charge is 0.276 e. The van der Waals surface area contributed by atoms with E-state index in [1.165, 1.54) is 5.06 Å². The molecular formula is C8H17NO2. The minimum atomic E-state index is -0.282. The van der Waals surface area contributed by atoms with E-state index in [4.69, 9.17) is 4.84 Å². The Morgan fingerprint density at radius 1 is 1.45 bits per heavy atom. The first-order chi connectivity index (χ1) is 4.99. The van der Waals surface area contributed by atoms with E-state index in [-0.39, 0.29) is 5.60 Å². The van der Waals surface area contributed by atoms with Gasteiger partial charge in [-0.05, 0) is 27.2 Å². The second-order valence-electron chi connectivity index (χ2n) is 3.45. The van der Waals surface area contributed by atoms with Gasteiger partial charge in [0.05, 0.1) is 5.60 Å². The molecule has 3 nitrogen and oxygen atoms in total. The van der Waals surface area contributed by atoms with Crippen LogP contribution in [0.5, 0.6) is 0 Å². The van der Waals surface area contributed by atoms with Gasteiger partial charge in [-0.25, -0.2) is 5.06 Å². The van der Waals surface area contributed by atoms with E-state index in [9.17, 15) is 4.79 Å². The monoisotopic (exact) mass is 159 g/mol. The van der Waals surface area contributed by atoms with E-state index in [1.807, 2.05) is 27.7 Å². The van der Waals surface area contributed by atoms with Gasteiger partial charge in [0.1, 0.15) is 0 Å². The molecule has 0 aliphatic carbocycles. The molecule has 0 aromatic carbocycles. The van der Waals surface area contributed by atoms with Crippen molar-refractivity contribution in [1.29, 1.82) is 0 Å². The minimum absolute atomic E-state index is 0.282. The first-order valence-corrected chi connectivity index (χ1v) is 3.90. The lowest BCUT2D eigenvalue weighted by molar-refractivity contribution is -0.215. The molecule has 0 rings (SSSR count). The maximum atomic E-state index is 10.4. The molecule has 0 aliphatic rings. The summed E-state index contributed by atoms with van der Waals surface area (Å²) in [7, 11) is 0. The zero-order chi connectivity index (χ0) is 8.91. The summed E-state index contributed by atoms with van der Waals surface area (Å²) in [5.74, 6) is 0. The van der Waals surface area contributed by atoms with Gasteiger partial charge in [0.2, 0.25) is 6.41 Å². The number of rotatable bonds is 4. The van der Waals surface area contributed by atoms with Gasteiger partial charge in [0, 0.05) is 6.54 Å². The van der Waals surface area contributed by atoms with Gasteiger partial charge in [-0.2, -0.15) is 0 Å². The van der Waals surface area contributed by atoms with Gasteiger partial charge in [-0.1, -0.05) is 6.92 Å². The van der Waals surface area contributed by atoms with Crippen LogP contribution in [-0.4, -0.2) is 23.6 Å². The summed E-state index contributed by atoms with van der Waals surface area (Å²) < 4.78 is 0. The molecule has 0 N–H and O–H groups in total. The van der Waals surface area contributed by atoms with Crippen molar-refractivity contribution in [3.05, 3.63) is 0 Å². The van der Waals surface area contributed by atoms with Crippen molar-refractivity contribution in [1.82, 2.24) is 5.06 Å². The average Bonchev–Trinajstić information content (AvgIpc) is 1.84. The first kappa shape index (κ1) is 10.4. The molecule has 66 valence electrons. The normalized spacial score (nSPS) is 11.3. The topological polar surface area (TPSA) is 29.5 Å². The fourth-order valence-corrected chi connectivity index (χ4v) is 0.692. The summed E-state index contributed by atoms with van der Waals surface area (Å²) in [5, 5.41) is 1.33. The zero-order valence-corrected chi connectivity index (χ0v) is 7.76. The number of carbonyl (C=O) groups excluding carboxylic acids is 1. The van der Waals surface area contributed by atoms with Crippen molar-refractivity contribution in [3.8, 4) is 0 Å². The van der Waals surface area contributed by atoms with Crippen LogP contribution >= 0.6 is 0 Å². The maximum Gasteiger partial charge on any atom is 0.233 e. The van der Waals surface area contributed by atoms with E-state index in [1.54, 1.807) is 0 Å². The smallest absolute Gasteiger partial charge is 0.233 e. The summed E-state index contributed by atoms with van der Waals surface area (Å²) >= 11 is 0. The lowest BCUT2D eigenvalue weighted by atomic mass is 10.2. The summed E-state index contributed by atoms with van der Waals surface area (Å²) in [5.41, 5.74) is -0.282. The Hall–Kier alpha value is -0.570. The number of nitrogens with zero attached hydrogens (tertiary/aromatic N) is 1. The highest BCUT2D eigenvalue weighted by atomic mass is 16.7. The van der Waals surface area contributed by atoms with E-state index >= 15 is 0 Å². The molecule has 11 heavy (non-hydrogen) atoms. The Balaban J connectivity index is 3.77. The van der Waals surface area contributed by atoms with Crippen LogP contribution in [0.1, 0.15) is 34.1 Å². The van der Waals surface area contributed by atoms with Crippen molar-refractivity contribution in [2.75, 3.05) is 6.54 Å². The molecule has 0 atom stereocenters. The summed E-state index contributed by atoms with van der Waals surface area (Å²) in [6.07, 6.45) is 1.63. The molecule has 0 spiro atoms. The molecule has 0 aromatic rings. The molecule has 0 unspecified atom stereocenters. The molecule has 1 amide bonds. The SMILES string of the molecule is CCCN(C=O)OC(C)(C)C. The second kappa shape index (κ2) is 4.34. The third-order valence-electron chi connectivity index (χ3n) is 0.953. The number of hydroxylamine groups is 2. The fourth-order valence-electron chi connectivity index (χ4n) is 0.692. The molecular weight excluding hydrogens is 142 g/mol. The Morgan fingerprint density at radius 2 is 2.00 bits per heavy atom. The van der Waals surface area contributed by atoms with Crippen molar-refractivity contribution in [2.45, 2.75) is 39.7 Å². The van der Waals surface area contributed by atoms with Crippen LogP contribution in [-0.2, 0) is 9.63 Å². The molecule has 0 heterocycles. The van der Waals surface area contributed by atoms with Gasteiger partial charge >= 0.3 is 0 Å². The quantitative estimate of drug-likeness (QED) is 0.460. The summed E-state index contributed by atoms with van der Waals surface area (Å²) in [6.45, 7) is 8.40. The van der Waals surface area contributed by atoms with Crippen LogP contribution in [0.15, 0.2) is 0 Å². The van der Waals surface area contributed by atoms with Gasteiger partial charge in [-0.3, -0.25) is 9.63 Å². The Labute approximate surface area is 68.3 Å². The van der Waals surface area contributed by atoms with Gasteiger partial charge < -0.3 is 0 Å². The van der Waals surface area contributed by atoms with Crippen molar-refractivity contribution >= 4 is 6.41 Å². The molecule has 0 bridgehead atoms. The Kier molecular flexibility index (Phi) is 4.11. The van der Waals surface area contributed by atoms with Crippen LogP contribution in [0, 0.1) is 0 Å². The Bertz CT molecular complexity index is 118. The predicted molar refractivity (Wildman–Crippen MR) is 43.9 cm³/mol. The average molecular weight is 159 g/mol. The summed E-state index contributed by atoms with van der Waals surface area (Å²) in [4.78, 5) is 15.7. The summed E-state index contributed by atoms with van der Waals surface area (Å²) in [6, 6.07) is 0. The van der Waals surface area contributed by atoms with Gasteiger partial charge in [0.25, 0.3) is 0 Å². The van der Waals surface area contributed by atoms with E-state index in [0.717, 1.165) is 12.8 Å². The van der Waals surface area contributed by atoms with Gasteiger partial charge in [0.15, 0.2) is 0 Å². The van der Waals surface area contributed by atoms with Crippen molar-refractivity contribution in [2.24, 2.45) is 0 Å². The minimum Gasteiger partial charge on any atom is -0.276 e. The fraction of sp³-hybridized carbons (Fsp3) is 0.875. The first-order valence-electron chi connectivity index (χ1n) is 3.90. The van der Waals surface area contributed by atoms with Crippen molar-refractivity contribution < 1.29 is 9.63 Å². The van der Waals surface area contributed by atoms with Crippen LogP contribution < -0.4 is 0 Å². The van der Waals surface area contributed by atoms with Crippen molar-refractivity contribution in [3.63, 3.8) is 0 Å². The van der Waals surface area contributed by atoms with E-state index in [0.29, 0.717) is 6.54 Å². The molecule has 0 saturated carbocycles. The number of amides is 1. The lowest BCUT2D eigenvalue weighted by Gasteiger charge is -2.26. The lowest BCUT2D eigenvalue weighted by Crippen LogP contribution is -2.33. The van der Waals surface area contributed by atoms with Crippen LogP contribution in [0.4, 0.5) is 0 Å². The Morgan fingerprint density at radius 3 is 2.27 bits per heavy atom. The van der Waals surface area contributed by atoms with E-state index < -0.39 is 0 Å². The van der Waals surface area contributed by atoms with Gasteiger partial charge in [-0.15, -0.1) is 0 Å². The molecule has 0 fully saturated rings.